The van der Waals surface area contributed by atoms with Crippen LogP contribution in [0.5, 0.6) is 0 Å². The minimum atomic E-state index is -0.00775. The summed E-state index contributed by atoms with van der Waals surface area (Å²) in [6.45, 7) is 8.58. The largest absolute Gasteiger partial charge is 0.345 e. The van der Waals surface area contributed by atoms with Gasteiger partial charge in [-0.25, -0.2) is 0 Å². The first-order valence-electron chi connectivity index (χ1n) is 6.12. The molecule has 0 aliphatic rings. The highest BCUT2D eigenvalue weighted by molar-refractivity contribution is 5.95. The summed E-state index contributed by atoms with van der Waals surface area (Å²) in [5.41, 5.74) is 3.23. The van der Waals surface area contributed by atoms with Gasteiger partial charge in [-0.2, -0.15) is 0 Å². The van der Waals surface area contributed by atoms with Crippen molar-refractivity contribution >= 4 is 5.91 Å². The lowest BCUT2D eigenvalue weighted by atomic mass is 9.82. The van der Waals surface area contributed by atoms with Crippen LogP contribution in [-0.4, -0.2) is 24.9 Å². The first kappa shape index (κ1) is 13.8. The number of carbonyl (C=O) groups excluding carboxylic acids is 1. The number of hydrogen-bond acceptors (Lipinski definition) is 1. The number of aryl methyl sites for hydroxylation is 1. The Morgan fingerprint density at radius 3 is 2.24 bits per heavy atom. The van der Waals surface area contributed by atoms with Crippen molar-refractivity contribution in [3.8, 4) is 0 Å². The maximum atomic E-state index is 12.1. The van der Waals surface area contributed by atoms with Gasteiger partial charge in [0.05, 0.1) is 0 Å². The molecule has 0 saturated heterocycles. The summed E-state index contributed by atoms with van der Waals surface area (Å²) in [4.78, 5) is 13.8. The summed E-state index contributed by atoms with van der Waals surface area (Å²) in [5, 5.41) is 0. The van der Waals surface area contributed by atoms with Gasteiger partial charge in [0.25, 0.3) is 5.91 Å². The van der Waals surface area contributed by atoms with E-state index in [4.69, 9.17) is 0 Å². The zero-order valence-corrected chi connectivity index (χ0v) is 11.8. The summed E-state index contributed by atoms with van der Waals surface area (Å²) in [5.74, 6) is 0.0811. The molecule has 1 aromatic rings. The van der Waals surface area contributed by atoms with Crippen LogP contribution in [0.3, 0.4) is 0 Å². The van der Waals surface area contributed by atoms with Crippen LogP contribution in [0.1, 0.15) is 49.2 Å². The number of carbonyl (C=O) groups is 1. The smallest absolute Gasteiger partial charge is 0.253 e. The molecule has 0 atom stereocenters. The normalized spacial score (nSPS) is 11.4. The lowest BCUT2D eigenvalue weighted by Gasteiger charge is -2.24. The van der Waals surface area contributed by atoms with Crippen LogP contribution < -0.4 is 0 Å². The molecule has 1 rings (SSSR count). The summed E-state index contributed by atoms with van der Waals surface area (Å²) < 4.78 is 0. The molecule has 1 aromatic carbocycles. The first-order chi connectivity index (χ1) is 7.77. The van der Waals surface area contributed by atoms with Gasteiger partial charge in [0, 0.05) is 19.7 Å². The van der Waals surface area contributed by atoms with Gasteiger partial charge in [0.1, 0.15) is 0 Å². The minimum absolute atomic E-state index is 0.00775. The van der Waals surface area contributed by atoms with E-state index in [9.17, 15) is 4.79 Å². The Bertz CT molecular complexity index is 413. The fourth-order valence-corrected chi connectivity index (χ4v) is 1.86. The van der Waals surface area contributed by atoms with E-state index in [0.29, 0.717) is 0 Å². The number of rotatable bonds is 2. The molecule has 0 unspecified atom stereocenters. The zero-order chi connectivity index (χ0) is 13.2. The average molecular weight is 233 g/mol. The van der Waals surface area contributed by atoms with Gasteiger partial charge in [-0.05, 0) is 29.0 Å². The molecule has 0 spiro atoms. The molecule has 94 valence electrons. The summed E-state index contributed by atoms with van der Waals surface area (Å²) >= 11 is 0. The maximum Gasteiger partial charge on any atom is 0.253 e. The molecular weight excluding hydrogens is 210 g/mol. The molecule has 0 heterocycles. The third kappa shape index (κ3) is 3.09. The molecular formula is C15H23NO. The molecule has 2 nitrogen and oxygen atoms in total. The van der Waals surface area contributed by atoms with Gasteiger partial charge in [-0.1, -0.05) is 39.8 Å². The Morgan fingerprint density at radius 2 is 1.82 bits per heavy atom. The Morgan fingerprint density at radius 1 is 1.24 bits per heavy atom. The molecule has 0 saturated carbocycles. The van der Waals surface area contributed by atoms with E-state index in [1.54, 1.807) is 19.0 Å². The summed E-state index contributed by atoms with van der Waals surface area (Å²) in [6, 6.07) is 6.17. The Kier molecular flexibility index (Phi) is 3.97. The summed E-state index contributed by atoms with van der Waals surface area (Å²) in [6.07, 6.45) is 1.000. The van der Waals surface area contributed by atoms with Gasteiger partial charge in [0.15, 0.2) is 0 Å². The van der Waals surface area contributed by atoms with E-state index < -0.39 is 0 Å². The highest BCUT2D eigenvalue weighted by Gasteiger charge is 2.22. The highest BCUT2D eigenvalue weighted by atomic mass is 16.2. The van der Waals surface area contributed by atoms with Crippen molar-refractivity contribution in [2.45, 2.75) is 39.5 Å². The monoisotopic (exact) mass is 233 g/mol. The van der Waals surface area contributed by atoms with Crippen LogP contribution >= 0.6 is 0 Å². The van der Waals surface area contributed by atoms with E-state index in [-0.39, 0.29) is 11.3 Å². The van der Waals surface area contributed by atoms with E-state index in [1.807, 2.05) is 12.1 Å². The van der Waals surface area contributed by atoms with E-state index >= 15 is 0 Å². The fourth-order valence-electron chi connectivity index (χ4n) is 1.86. The third-order valence-electron chi connectivity index (χ3n) is 2.94. The molecule has 0 N–H and O–H groups in total. The number of hydrogen-bond donors (Lipinski definition) is 0. The molecule has 2 heteroatoms. The lowest BCUT2D eigenvalue weighted by molar-refractivity contribution is 0.0825. The molecule has 0 fully saturated rings. The lowest BCUT2D eigenvalue weighted by Crippen LogP contribution is -2.26. The van der Waals surface area contributed by atoms with E-state index in [1.165, 1.54) is 5.56 Å². The van der Waals surface area contributed by atoms with Crippen molar-refractivity contribution < 1.29 is 4.79 Å². The molecule has 0 radical (unpaired) electrons. The van der Waals surface area contributed by atoms with Gasteiger partial charge >= 0.3 is 0 Å². The zero-order valence-electron chi connectivity index (χ0n) is 11.8. The van der Waals surface area contributed by atoms with Crippen LogP contribution in [0.2, 0.25) is 0 Å². The minimum Gasteiger partial charge on any atom is -0.345 e. The van der Waals surface area contributed by atoms with Crippen molar-refractivity contribution in [3.63, 3.8) is 0 Å². The number of amides is 1. The maximum absolute atomic E-state index is 12.1. The van der Waals surface area contributed by atoms with Crippen molar-refractivity contribution in [3.05, 3.63) is 34.9 Å². The van der Waals surface area contributed by atoms with Crippen LogP contribution in [0, 0.1) is 0 Å². The predicted molar refractivity (Wildman–Crippen MR) is 72.5 cm³/mol. The Labute approximate surface area is 105 Å². The fraction of sp³-hybridized carbons (Fsp3) is 0.533. The molecule has 1 amide bonds. The van der Waals surface area contributed by atoms with Gasteiger partial charge in [0.2, 0.25) is 0 Å². The third-order valence-corrected chi connectivity index (χ3v) is 2.94. The van der Waals surface area contributed by atoms with Gasteiger partial charge in [-0.15, -0.1) is 0 Å². The van der Waals surface area contributed by atoms with Crippen LogP contribution in [-0.2, 0) is 11.8 Å². The van der Waals surface area contributed by atoms with Crippen molar-refractivity contribution in [2.24, 2.45) is 0 Å². The standard InChI is InChI=1S/C15H23NO/c1-7-11-8-9-12(14(17)16(5)6)13(10-11)15(2,3)4/h8-10H,7H2,1-6H3. The molecule has 17 heavy (non-hydrogen) atoms. The second-order valence-electron chi connectivity index (χ2n) is 5.68. The first-order valence-corrected chi connectivity index (χ1v) is 6.12. The molecule has 0 bridgehead atoms. The second-order valence-corrected chi connectivity index (χ2v) is 5.68. The predicted octanol–water partition coefficient (Wildman–Crippen LogP) is 3.25. The molecule has 0 aliphatic heterocycles. The van der Waals surface area contributed by atoms with Crippen LogP contribution in [0.4, 0.5) is 0 Å². The average Bonchev–Trinajstić information content (AvgIpc) is 2.26. The van der Waals surface area contributed by atoms with E-state index in [0.717, 1.165) is 17.5 Å². The van der Waals surface area contributed by atoms with Crippen LogP contribution in [0.15, 0.2) is 18.2 Å². The topological polar surface area (TPSA) is 20.3 Å². The van der Waals surface area contributed by atoms with Crippen LogP contribution in [0.25, 0.3) is 0 Å². The molecule has 0 aromatic heterocycles. The van der Waals surface area contributed by atoms with Gasteiger partial charge < -0.3 is 4.90 Å². The number of benzene rings is 1. The Balaban J connectivity index is 3.35. The van der Waals surface area contributed by atoms with Gasteiger partial charge in [-0.3, -0.25) is 4.79 Å². The highest BCUT2D eigenvalue weighted by Crippen LogP contribution is 2.27. The van der Waals surface area contributed by atoms with Crippen molar-refractivity contribution in [2.75, 3.05) is 14.1 Å². The Hall–Kier alpha value is -1.31. The number of nitrogens with zero attached hydrogens (tertiary/aromatic N) is 1. The SMILES string of the molecule is CCc1ccc(C(=O)N(C)C)c(C(C)(C)C)c1. The summed E-state index contributed by atoms with van der Waals surface area (Å²) in [7, 11) is 3.59. The van der Waals surface area contributed by atoms with E-state index in [2.05, 4.69) is 33.8 Å². The van der Waals surface area contributed by atoms with Crippen molar-refractivity contribution in [1.29, 1.82) is 0 Å². The molecule has 0 aliphatic carbocycles. The second kappa shape index (κ2) is 4.91. The van der Waals surface area contributed by atoms with Crippen molar-refractivity contribution in [1.82, 2.24) is 4.90 Å². The quantitative estimate of drug-likeness (QED) is 0.768.